The minimum absolute atomic E-state index is 0.0757. The normalized spacial score (nSPS) is 10.7. The van der Waals surface area contributed by atoms with Crippen LogP contribution >= 0.6 is 23.4 Å². The lowest BCUT2D eigenvalue weighted by molar-refractivity contribution is 0.679. The van der Waals surface area contributed by atoms with Crippen LogP contribution in [0.25, 0.3) is 22.2 Å². The van der Waals surface area contributed by atoms with Crippen molar-refractivity contribution in [1.29, 1.82) is 10.5 Å². The van der Waals surface area contributed by atoms with E-state index in [0.29, 0.717) is 45.5 Å². The summed E-state index contributed by atoms with van der Waals surface area (Å²) in [5.41, 5.74) is 9.14. The number of rotatable bonds is 6. The van der Waals surface area contributed by atoms with Gasteiger partial charge in [0.25, 0.3) is 0 Å². The monoisotopic (exact) mass is 460 g/mol. The van der Waals surface area contributed by atoms with E-state index in [1.54, 1.807) is 28.8 Å². The molecule has 2 aromatic heterocycles. The van der Waals surface area contributed by atoms with Gasteiger partial charge in [-0.25, -0.2) is 9.78 Å². The summed E-state index contributed by atoms with van der Waals surface area (Å²) in [6.45, 7) is 0.521. The molecule has 0 atom stereocenters. The molecule has 4 aromatic rings. The molecule has 0 unspecified atom stereocenters. The maximum absolute atomic E-state index is 12.2. The van der Waals surface area contributed by atoms with Gasteiger partial charge in [0.2, 0.25) is 0 Å². The van der Waals surface area contributed by atoms with E-state index in [1.165, 1.54) is 11.8 Å². The van der Waals surface area contributed by atoms with Gasteiger partial charge >= 0.3 is 5.69 Å². The number of thioether (sulfide) groups is 1. The van der Waals surface area contributed by atoms with Crippen molar-refractivity contribution in [2.45, 2.75) is 18.0 Å². The molecular formula is C23H17ClN6OS. The maximum atomic E-state index is 12.2. The van der Waals surface area contributed by atoms with Crippen LogP contribution in [0.1, 0.15) is 17.5 Å². The number of nitrogens with zero attached hydrogens (tertiary/aromatic N) is 4. The molecule has 7 nitrogen and oxygen atoms in total. The molecular weight excluding hydrogens is 444 g/mol. The third-order valence-corrected chi connectivity index (χ3v) is 6.31. The number of para-hydroxylation sites is 2. The van der Waals surface area contributed by atoms with Crippen molar-refractivity contribution in [2.75, 3.05) is 11.5 Å². The zero-order chi connectivity index (χ0) is 22.7. The molecule has 2 aromatic carbocycles. The summed E-state index contributed by atoms with van der Waals surface area (Å²) >= 11 is 7.36. The van der Waals surface area contributed by atoms with Gasteiger partial charge < -0.3 is 10.7 Å². The van der Waals surface area contributed by atoms with E-state index in [2.05, 4.69) is 22.1 Å². The van der Waals surface area contributed by atoms with Crippen LogP contribution in [0.4, 0.5) is 5.82 Å². The van der Waals surface area contributed by atoms with Gasteiger partial charge in [0.05, 0.1) is 16.6 Å². The Kier molecular flexibility index (Phi) is 6.18. The molecule has 0 spiro atoms. The Bertz CT molecular complexity index is 1440. The maximum Gasteiger partial charge on any atom is 0.326 e. The number of halogens is 1. The highest BCUT2D eigenvalue weighted by Gasteiger charge is 2.20. The van der Waals surface area contributed by atoms with Crippen molar-refractivity contribution in [2.24, 2.45) is 0 Å². The summed E-state index contributed by atoms with van der Waals surface area (Å²) in [6, 6.07) is 18.7. The molecule has 4 rings (SSSR count). The smallest absolute Gasteiger partial charge is 0.326 e. The number of H-pyrrole nitrogens is 1. The first-order valence-corrected chi connectivity index (χ1v) is 11.1. The minimum Gasteiger partial charge on any atom is -0.383 e. The van der Waals surface area contributed by atoms with Crippen LogP contribution < -0.4 is 11.4 Å². The van der Waals surface area contributed by atoms with E-state index in [9.17, 15) is 15.3 Å². The largest absolute Gasteiger partial charge is 0.383 e. The van der Waals surface area contributed by atoms with E-state index >= 15 is 0 Å². The number of anilines is 1. The molecule has 2 heterocycles. The first-order valence-electron chi connectivity index (χ1n) is 9.73. The Balaban J connectivity index is 1.59. The number of aromatic amines is 1. The Hall–Kier alpha value is -3.72. The van der Waals surface area contributed by atoms with Crippen molar-refractivity contribution < 1.29 is 0 Å². The van der Waals surface area contributed by atoms with Crippen molar-refractivity contribution in [3.05, 3.63) is 75.2 Å². The topological polar surface area (TPSA) is 124 Å². The van der Waals surface area contributed by atoms with Crippen LogP contribution in [0.5, 0.6) is 0 Å². The van der Waals surface area contributed by atoms with E-state index < -0.39 is 0 Å². The number of aryl methyl sites for hydroxylation is 1. The first kappa shape index (κ1) is 21.5. The number of nitrogen functional groups attached to an aromatic ring is 1. The molecule has 0 saturated heterocycles. The van der Waals surface area contributed by atoms with Crippen LogP contribution in [-0.2, 0) is 6.54 Å². The quantitative estimate of drug-likeness (QED) is 0.321. The van der Waals surface area contributed by atoms with Crippen molar-refractivity contribution >= 4 is 40.2 Å². The second-order valence-electron chi connectivity index (χ2n) is 6.96. The fourth-order valence-corrected chi connectivity index (χ4v) is 4.58. The average Bonchev–Trinajstić information content (AvgIpc) is 3.11. The molecule has 0 radical (unpaired) electrons. The molecule has 32 heavy (non-hydrogen) atoms. The van der Waals surface area contributed by atoms with Gasteiger partial charge in [-0.3, -0.25) is 4.57 Å². The third-order valence-electron chi connectivity index (χ3n) is 4.99. The molecule has 0 fully saturated rings. The van der Waals surface area contributed by atoms with Crippen LogP contribution in [0.15, 0.2) is 58.4 Å². The number of imidazole rings is 1. The molecule has 9 heteroatoms. The minimum atomic E-state index is -0.153. The summed E-state index contributed by atoms with van der Waals surface area (Å²) in [6.07, 6.45) is 0.676. The van der Waals surface area contributed by atoms with Crippen molar-refractivity contribution in [1.82, 2.24) is 14.5 Å². The molecule has 3 N–H and O–H groups in total. The van der Waals surface area contributed by atoms with Crippen LogP contribution in [0.3, 0.4) is 0 Å². The summed E-state index contributed by atoms with van der Waals surface area (Å²) < 4.78 is 1.70. The van der Waals surface area contributed by atoms with Crippen LogP contribution in [0.2, 0.25) is 5.02 Å². The zero-order valence-corrected chi connectivity index (χ0v) is 18.4. The summed E-state index contributed by atoms with van der Waals surface area (Å²) in [5, 5.41) is 20.5. The van der Waals surface area contributed by atoms with E-state index in [1.807, 2.05) is 24.3 Å². The van der Waals surface area contributed by atoms with Gasteiger partial charge in [-0.05, 0) is 36.2 Å². The number of nitrogens with two attached hydrogens (primary N) is 1. The van der Waals surface area contributed by atoms with Gasteiger partial charge in [-0.1, -0.05) is 35.9 Å². The van der Waals surface area contributed by atoms with Crippen LogP contribution in [-0.4, -0.2) is 20.3 Å². The highest BCUT2D eigenvalue weighted by Crippen LogP contribution is 2.36. The fourth-order valence-electron chi connectivity index (χ4n) is 3.53. The van der Waals surface area contributed by atoms with Gasteiger partial charge in [0, 0.05) is 22.9 Å². The van der Waals surface area contributed by atoms with E-state index in [-0.39, 0.29) is 17.1 Å². The average molecular weight is 461 g/mol. The van der Waals surface area contributed by atoms with Crippen LogP contribution in [0, 0.1) is 22.7 Å². The van der Waals surface area contributed by atoms with E-state index in [0.717, 1.165) is 11.0 Å². The fraction of sp³-hybridized carbons (Fsp3) is 0.130. The number of hydrogen-bond acceptors (Lipinski definition) is 6. The van der Waals surface area contributed by atoms with Crippen molar-refractivity contribution in [3.63, 3.8) is 0 Å². The van der Waals surface area contributed by atoms with Gasteiger partial charge in [0.1, 0.15) is 28.5 Å². The van der Waals surface area contributed by atoms with Gasteiger partial charge in [-0.15, -0.1) is 11.8 Å². The molecule has 0 bridgehead atoms. The lowest BCUT2D eigenvalue weighted by Gasteiger charge is -2.13. The molecule has 0 saturated carbocycles. The van der Waals surface area contributed by atoms with E-state index in [4.69, 9.17) is 17.3 Å². The SMILES string of the molecule is N#Cc1c(N)nc(SCCCn2c(=O)[nH]c3ccccc32)c(C#N)c1-c1ccc(Cl)cc1. The summed E-state index contributed by atoms with van der Waals surface area (Å²) in [4.78, 5) is 19.4. The van der Waals surface area contributed by atoms with Gasteiger partial charge in [-0.2, -0.15) is 10.5 Å². The third kappa shape index (κ3) is 4.06. The molecule has 0 aliphatic heterocycles. The molecule has 0 aliphatic rings. The lowest BCUT2D eigenvalue weighted by Crippen LogP contribution is -2.17. The van der Waals surface area contributed by atoms with Gasteiger partial charge in [0.15, 0.2) is 0 Å². The molecule has 0 amide bonds. The summed E-state index contributed by atoms with van der Waals surface area (Å²) in [5.74, 6) is 0.686. The summed E-state index contributed by atoms with van der Waals surface area (Å²) in [7, 11) is 0. The number of fused-ring (bicyclic) bond motifs is 1. The number of pyridine rings is 1. The number of benzene rings is 2. The second-order valence-corrected chi connectivity index (χ2v) is 8.48. The Morgan fingerprint density at radius 1 is 1.09 bits per heavy atom. The predicted molar refractivity (Wildman–Crippen MR) is 126 cm³/mol. The molecule has 0 aliphatic carbocycles. The Labute approximate surface area is 193 Å². The Morgan fingerprint density at radius 2 is 1.81 bits per heavy atom. The number of nitriles is 2. The number of hydrogen-bond donors (Lipinski definition) is 2. The highest BCUT2D eigenvalue weighted by atomic mass is 35.5. The molecule has 158 valence electrons. The predicted octanol–water partition coefficient (Wildman–Crippen LogP) is 4.55. The first-order chi connectivity index (χ1) is 15.5. The number of nitrogens with one attached hydrogen (secondary N) is 1. The Morgan fingerprint density at radius 3 is 2.53 bits per heavy atom. The zero-order valence-electron chi connectivity index (χ0n) is 16.8. The second kappa shape index (κ2) is 9.19. The standard InChI is InChI=1S/C23H17ClN6OS/c24-15-8-6-14(7-9-15)20-16(12-25)21(27)29-22(17(20)13-26)32-11-3-10-30-19-5-2-1-4-18(19)28-23(30)31/h1-2,4-9H,3,10-11H2,(H2,27,29)(H,28,31). The van der Waals surface area contributed by atoms with Crippen molar-refractivity contribution in [3.8, 4) is 23.3 Å². The lowest BCUT2D eigenvalue weighted by atomic mass is 9.97. The number of aromatic nitrogens is 3. The highest BCUT2D eigenvalue weighted by molar-refractivity contribution is 7.99.